The molecule has 4 rings (SSSR count). The van der Waals surface area contributed by atoms with Gasteiger partial charge in [-0.15, -0.1) is 0 Å². The molecule has 1 atom stereocenters. The first-order valence-corrected chi connectivity index (χ1v) is 9.23. The van der Waals surface area contributed by atoms with Crippen LogP contribution in [0.25, 0.3) is 0 Å². The summed E-state index contributed by atoms with van der Waals surface area (Å²) in [7, 11) is 0. The molecule has 2 aromatic rings. The van der Waals surface area contributed by atoms with E-state index in [2.05, 4.69) is 25.7 Å². The van der Waals surface area contributed by atoms with E-state index in [-0.39, 0.29) is 5.91 Å². The lowest BCUT2D eigenvalue weighted by Crippen LogP contribution is -2.40. The predicted molar refractivity (Wildman–Crippen MR) is 94.3 cm³/mol. The van der Waals surface area contributed by atoms with Crippen LogP contribution >= 0.6 is 0 Å². The first-order valence-electron chi connectivity index (χ1n) is 9.23. The molecule has 3 heterocycles. The molecular weight excluding hydrogens is 314 g/mol. The van der Waals surface area contributed by atoms with Crippen molar-refractivity contribution in [1.29, 1.82) is 0 Å². The van der Waals surface area contributed by atoms with E-state index in [0.29, 0.717) is 17.4 Å². The van der Waals surface area contributed by atoms with Gasteiger partial charge in [-0.3, -0.25) is 4.79 Å². The largest absolute Gasteiger partial charge is 0.337 e. The molecule has 0 unspecified atom stereocenters. The highest BCUT2D eigenvalue weighted by molar-refractivity contribution is 5.92. The van der Waals surface area contributed by atoms with Crippen molar-refractivity contribution in [3.05, 3.63) is 41.5 Å². The molecule has 25 heavy (non-hydrogen) atoms. The van der Waals surface area contributed by atoms with Crippen molar-refractivity contribution in [1.82, 2.24) is 24.4 Å². The number of rotatable bonds is 4. The Morgan fingerprint density at radius 2 is 2.08 bits per heavy atom. The third-order valence-electron chi connectivity index (χ3n) is 5.16. The monoisotopic (exact) mass is 339 g/mol. The zero-order valence-electron chi connectivity index (χ0n) is 15.0. The fourth-order valence-electron chi connectivity index (χ4n) is 3.77. The maximum atomic E-state index is 12.9. The lowest BCUT2D eigenvalue weighted by Gasteiger charge is -2.32. The lowest BCUT2D eigenvalue weighted by molar-refractivity contribution is 0.0696. The normalized spacial score (nSPS) is 20.7. The minimum absolute atomic E-state index is 0.0126. The number of aromatic nitrogens is 4. The van der Waals surface area contributed by atoms with E-state index in [1.54, 1.807) is 6.07 Å². The third kappa shape index (κ3) is 3.57. The van der Waals surface area contributed by atoms with Crippen LogP contribution in [0.2, 0.25) is 0 Å². The van der Waals surface area contributed by atoms with Crippen LogP contribution in [0.3, 0.4) is 0 Å². The molecule has 0 radical (unpaired) electrons. The van der Waals surface area contributed by atoms with Crippen LogP contribution in [0, 0.1) is 19.8 Å². The second-order valence-corrected chi connectivity index (χ2v) is 7.41. The van der Waals surface area contributed by atoms with E-state index in [1.807, 2.05) is 24.9 Å². The first-order chi connectivity index (χ1) is 12.1. The molecule has 0 bridgehead atoms. The van der Waals surface area contributed by atoms with Crippen molar-refractivity contribution in [2.24, 2.45) is 5.92 Å². The first kappa shape index (κ1) is 16.2. The summed E-state index contributed by atoms with van der Waals surface area (Å²) in [5.41, 5.74) is 1.34. The summed E-state index contributed by atoms with van der Waals surface area (Å²) < 4.78 is 2.30. The standard InChI is InChI=1S/C19H25N5O/c1-13-10-17(22-14(2)21-13)19(25)24-8-3-4-16(12-24)18-20-7-9-23(18)11-15-5-6-15/h7,9-10,15-16H,3-6,8,11-12H2,1-2H3/t16-/m1/s1. The molecular formula is C19H25N5O. The Balaban J connectivity index is 1.50. The summed E-state index contributed by atoms with van der Waals surface area (Å²) in [5, 5.41) is 0. The molecule has 2 aromatic heterocycles. The van der Waals surface area contributed by atoms with Crippen LogP contribution in [0.15, 0.2) is 18.5 Å². The van der Waals surface area contributed by atoms with Crippen molar-refractivity contribution >= 4 is 5.91 Å². The van der Waals surface area contributed by atoms with Gasteiger partial charge >= 0.3 is 0 Å². The van der Waals surface area contributed by atoms with Gasteiger partial charge in [-0.2, -0.15) is 0 Å². The summed E-state index contributed by atoms with van der Waals surface area (Å²) in [4.78, 5) is 28.1. The van der Waals surface area contributed by atoms with Gasteiger partial charge in [0.2, 0.25) is 0 Å². The van der Waals surface area contributed by atoms with E-state index in [0.717, 1.165) is 49.9 Å². The van der Waals surface area contributed by atoms with Gasteiger partial charge in [0.05, 0.1) is 0 Å². The topological polar surface area (TPSA) is 63.9 Å². The highest BCUT2D eigenvalue weighted by Crippen LogP contribution is 2.33. The minimum Gasteiger partial charge on any atom is -0.337 e. The molecule has 2 aliphatic rings. The third-order valence-corrected chi connectivity index (χ3v) is 5.16. The summed E-state index contributed by atoms with van der Waals surface area (Å²) in [5.74, 6) is 2.94. The minimum atomic E-state index is 0.0126. The number of carbonyl (C=O) groups excluding carboxylic acids is 1. The molecule has 6 heteroatoms. The summed E-state index contributed by atoms with van der Waals surface area (Å²) in [6.07, 6.45) is 8.75. The maximum Gasteiger partial charge on any atom is 0.272 e. The Labute approximate surface area is 148 Å². The fourth-order valence-corrected chi connectivity index (χ4v) is 3.77. The molecule has 0 spiro atoms. The molecule has 1 saturated carbocycles. The number of imidazole rings is 1. The molecule has 0 aromatic carbocycles. The van der Waals surface area contributed by atoms with E-state index in [9.17, 15) is 4.79 Å². The van der Waals surface area contributed by atoms with E-state index in [1.165, 1.54) is 12.8 Å². The van der Waals surface area contributed by atoms with Gasteiger partial charge in [-0.1, -0.05) is 0 Å². The van der Waals surface area contributed by atoms with Gasteiger partial charge in [0.1, 0.15) is 17.3 Å². The Hall–Kier alpha value is -2.24. The molecule has 132 valence electrons. The number of hydrogen-bond acceptors (Lipinski definition) is 4. The summed E-state index contributed by atoms with van der Waals surface area (Å²) >= 11 is 0. The van der Waals surface area contributed by atoms with Crippen LogP contribution < -0.4 is 0 Å². The van der Waals surface area contributed by atoms with E-state index >= 15 is 0 Å². The number of aryl methyl sites for hydroxylation is 2. The highest BCUT2D eigenvalue weighted by atomic mass is 16.2. The smallest absolute Gasteiger partial charge is 0.272 e. The zero-order valence-corrected chi connectivity index (χ0v) is 15.0. The molecule has 1 aliphatic heterocycles. The highest BCUT2D eigenvalue weighted by Gasteiger charge is 2.30. The van der Waals surface area contributed by atoms with Gasteiger partial charge in [0.15, 0.2) is 0 Å². The fraction of sp³-hybridized carbons (Fsp3) is 0.579. The molecule has 0 N–H and O–H groups in total. The van der Waals surface area contributed by atoms with Gasteiger partial charge in [0, 0.05) is 43.6 Å². The summed E-state index contributed by atoms with van der Waals surface area (Å²) in [6.45, 7) is 6.32. The Bertz CT molecular complexity index is 760. The Morgan fingerprint density at radius 3 is 2.84 bits per heavy atom. The Morgan fingerprint density at radius 1 is 1.24 bits per heavy atom. The van der Waals surface area contributed by atoms with Gasteiger partial charge < -0.3 is 9.47 Å². The van der Waals surface area contributed by atoms with E-state index in [4.69, 9.17) is 0 Å². The maximum absolute atomic E-state index is 12.9. The van der Waals surface area contributed by atoms with Crippen LogP contribution in [0.1, 0.15) is 59.4 Å². The second-order valence-electron chi connectivity index (χ2n) is 7.41. The van der Waals surface area contributed by atoms with Crippen molar-refractivity contribution in [3.63, 3.8) is 0 Å². The number of hydrogen-bond donors (Lipinski definition) is 0. The van der Waals surface area contributed by atoms with Crippen LogP contribution in [-0.2, 0) is 6.54 Å². The van der Waals surface area contributed by atoms with Crippen LogP contribution in [0.5, 0.6) is 0 Å². The average Bonchev–Trinajstić information content (AvgIpc) is 3.28. The van der Waals surface area contributed by atoms with Crippen LogP contribution in [-0.4, -0.2) is 43.4 Å². The Kier molecular flexibility index (Phi) is 4.27. The van der Waals surface area contributed by atoms with Crippen LogP contribution in [0.4, 0.5) is 0 Å². The number of amides is 1. The lowest BCUT2D eigenvalue weighted by atomic mass is 9.96. The predicted octanol–water partition coefficient (Wildman–Crippen LogP) is 2.72. The molecule has 2 fully saturated rings. The summed E-state index contributed by atoms with van der Waals surface area (Å²) in [6, 6.07) is 1.78. The number of piperidine rings is 1. The van der Waals surface area contributed by atoms with E-state index < -0.39 is 0 Å². The van der Waals surface area contributed by atoms with Gasteiger partial charge in [-0.25, -0.2) is 15.0 Å². The van der Waals surface area contributed by atoms with Gasteiger partial charge in [0.25, 0.3) is 5.91 Å². The van der Waals surface area contributed by atoms with Gasteiger partial charge in [-0.05, 0) is 51.5 Å². The molecule has 1 saturated heterocycles. The van der Waals surface area contributed by atoms with Crippen molar-refractivity contribution < 1.29 is 4.79 Å². The second kappa shape index (κ2) is 6.58. The average molecular weight is 339 g/mol. The molecule has 6 nitrogen and oxygen atoms in total. The number of nitrogens with zero attached hydrogens (tertiary/aromatic N) is 5. The zero-order chi connectivity index (χ0) is 17.4. The SMILES string of the molecule is Cc1cc(C(=O)N2CCC[C@@H](c3nccn3CC3CC3)C2)nc(C)n1. The number of likely N-dealkylation sites (tertiary alicyclic amines) is 1. The van der Waals surface area contributed by atoms with Crippen molar-refractivity contribution in [2.75, 3.05) is 13.1 Å². The molecule has 1 amide bonds. The van der Waals surface area contributed by atoms with Crippen molar-refractivity contribution in [2.45, 2.75) is 52.0 Å². The van der Waals surface area contributed by atoms with Crippen molar-refractivity contribution in [3.8, 4) is 0 Å². The molecule has 1 aliphatic carbocycles. The number of carbonyl (C=O) groups is 1. The quantitative estimate of drug-likeness (QED) is 0.859.